The Labute approximate surface area is 229 Å². The molecule has 212 valence electrons. The number of alkyl halides is 3. The van der Waals surface area contributed by atoms with Crippen LogP contribution in [0.5, 0.6) is 5.75 Å². The van der Waals surface area contributed by atoms with Gasteiger partial charge in [0, 0.05) is 22.9 Å². The smallest absolute Gasteiger partial charge is 0.405 e. The third kappa shape index (κ3) is 7.48. The molecule has 4 rings (SSSR count). The lowest BCUT2D eigenvalue weighted by atomic mass is 10.0. The molecule has 2 heterocycles. The van der Waals surface area contributed by atoms with Crippen LogP contribution in [0.15, 0.2) is 60.8 Å². The lowest BCUT2D eigenvalue weighted by Crippen LogP contribution is -2.38. The van der Waals surface area contributed by atoms with Gasteiger partial charge in [0.2, 0.25) is 5.95 Å². The lowest BCUT2D eigenvalue weighted by molar-refractivity contribution is -0.123. The zero-order valence-corrected chi connectivity index (χ0v) is 22.5. The molecule has 40 heavy (non-hydrogen) atoms. The minimum atomic E-state index is -4.49. The quantitative estimate of drug-likeness (QED) is 0.209. The van der Waals surface area contributed by atoms with Crippen LogP contribution < -0.4 is 20.7 Å². The van der Waals surface area contributed by atoms with E-state index in [4.69, 9.17) is 4.74 Å². The molecule has 0 fully saturated rings. The second-order valence-electron chi connectivity index (χ2n) is 10.1. The van der Waals surface area contributed by atoms with Crippen LogP contribution in [-0.4, -0.2) is 50.5 Å². The third-order valence-electron chi connectivity index (χ3n) is 5.68. The van der Waals surface area contributed by atoms with Gasteiger partial charge in [0.15, 0.2) is 5.65 Å². The van der Waals surface area contributed by atoms with E-state index in [1.54, 1.807) is 53.2 Å². The molecule has 0 aliphatic heterocycles. The molecule has 0 aliphatic rings. The van der Waals surface area contributed by atoms with Crippen LogP contribution in [0, 0.1) is 0 Å². The van der Waals surface area contributed by atoms with Crippen molar-refractivity contribution in [2.45, 2.75) is 45.6 Å². The zero-order chi connectivity index (χ0) is 29.1. The Kier molecular flexibility index (Phi) is 8.31. The largest absolute Gasteiger partial charge is 0.492 e. The van der Waals surface area contributed by atoms with Crippen molar-refractivity contribution >= 4 is 23.2 Å². The summed E-state index contributed by atoms with van der Waals surface area (Å²) in [5.41, 5.74) is 2.94. The number of ether oxygens (including phenoxy) is 1. The Morgan fingerprint density at radius 2 is 1.85 bits per heavy atom. The Bertz CT molecular complexity index is 1500. The number of nitrogens with zero attached hydrogens (tertiary/aromatic N) is 3. The number of aliphatic hydroxyl groups excluding tert-OH is 1. The number of hydrogen-bond donors (Lipinski definition) is 4. The first-order valence-corrected chi connectivity index (χ1v) is 12.6. The number of amides is 1. The van der Waals surface area contributed by atoms with E-state index in [0.717, 1.165) is 0 Å². The summed E-state index contributed by atoms with van der Waals surface area (Å²) in [4.78, 5) is 16.7. The molecule has 12 heteroatoms. The molecule has 2 aromatic heterocycles. The fraction of sp³-hybridized carbons (Fsp3) is 0.321. The minimum absolute atomic E-state index is 0.109. The maximum absolute atomic E-state index is 12.5. The summed E-state index contributed by atoms with van der Waals surface area (Å²) >= 11 is 0. The van der Waals surface area contributed by atoms with E-state index in [2.05, 4.69) is 20.7 Å². The molecule has 1 unspecified atom stereocenters. The summed E-state index contributed by atoms with van der Waals surface area (Å²) in [6, 6.07) is 15.1. The fourth-order valence-electron chi connectivity index (χ4n) is 3.93. The van der Waals surface area contributed by atoms with Crippen molar-refractivity contribution in [2.75, 3.05) is 18.5 Å². The summed E-state index contributed by atoms with van der Waals surface area (Å²) < 4.78 is 44.8. The number of aliphatic hydroxyl groups is 1. The summed E-state index contributed by atoms with van der Waals surface area (Å²) in [6.07, 6.45) is -3.66. The number of pyridine rings is 1. The van der Waals surface area contributed by atoms with E-state index in [1.165, 1.54) is 12.1 Å². The van der Waals surface area contributed by atoms with Crippen molar-refractivity contribution in [1.82, 2.24) is 25.2 Å². The van der Waals surface area contributed by atoms with Crippen LogP contribution in [0.25, 0.3) is 16.8 Å². The second kappa shape index (κ2) is 11.5. The molecule has 0 radical (unpaired) electrons. The van der Waals surface area contributed by atoms with Crippen molar-refractivity contribution in [1.29, 1.82) is 0 Å². The van der Waals surface area contributed by atoms with E-state index in [0.29, 0.717) is 46.3 Å². The Morgan fingerprint density at radius 3 is 2.55 bits per heavy atom. The average Bonchev–Trinajstić information content (AvgIpc) is 3.28. The monoisotopic (exact) mass is 556 g/mol. The Balaban J connectivity index is 1.55. The summed E-state index contributed by atoms with van der Waals surface area (Å²) in [6.45, 7) is 6.75. The molecule has 4 N–H and O–H groups in total. The van der Waals surface area contributed by atoms with Crippen molar-refractivity contribution in [3.05, 3.63) is 71.9 Å². The van der Waals surface area contributed by atoms with Gasteiger partial charge in [-0.15, -0.1) is 5.10 Å². The third-order valence-corrected chi connectivity index (χ3v) is 5.68. The Hall–Kier alpha value is -4.16. The number of carbonyl (C=O) groups is 1. The highest BCUT2D eigenvalue weighted by Gasteiger charge is 2.28. The average molecular weight is 557 g/mol. The number of fused-ring (bicyclic) bond motifs is 1. The summed E-state index contributed by atoms with van der Waals surface area (Å²) in [5.74, 6) is 0.0136. The van der Waals surface area contributed by atoms with E-state index in [-0.39, 0.29) is 11.1 Å². The van der Waals surface area contributed by atoms with Crippen LogP contribution in [0.1, 0.15) is 49.8 Å². The van der Waals surface area contributed by atoms with Gasteiger partial charge in [0.05, 0.1) is 12.3 Å². The molecular formula is C28H31F3N6O3. The molecular weight excluding hydrogens is 525 g/mol. The summed E-state index contributed by atoms with van der Waals surface area (Å²) in [7, 11) is 0. The molecule has 1 atom stereocenters. The normalized spacial score (nSPS) is 12.8. The van der Waals surface area contributed by atoms with Crippen molar-refractivity contribution < 1.29 is 27.8 Å². The van der Waals surface area contributed by atoms with Gasteiger partial charge in [-0.3, -0.25) is 10.1 Å². The number of carbonyl (C=O) groups excluding carboxylic acids is 1. The first kappa shape index (κ1) is 28.8. The number of nitrogens with one attached hydrogen (secondary N) is 3. The van der Waals surface area contributed by atoms with Crippen LogP contribution in [0.3, 0.4) is 0 Å². The van der Waals surface area contributed by atoms with Gasteiger partial charge >= 0.3 is 6.18 Å². The SMILES string of the molecule is CCOc1cc(C(O)NC(C)(C)C)ccc1Nc1nc2ccc(-c3cccc(C(=O)NCC(F)(F)F)c3)cn2n1. The van der Waals surface area contributed by atoms with Crippen molar-refractivity contribution in [3.8, 4) is 16.9 Å². The zero-order valence-electron chi connectivity index (χ0n) is 22.5. The number of halogens is 3. The molecule has 2 aromatic carbocycles. The van der Waals surface area contributed by atoms with E-state index in [1.807, 2.05) is 33.0 Å². The molecule has 0 saturated carbocycles. The number of benzene rings is 2. The van der Waals surface area contributed by atoms with Gasteiger partial charge in [-0.25, -0.2) is 4.52 Å². The second-order valence-corrected chi connectivity index (χ2v) is 10.1. The standard InChI is InChI=1S/C28H31F3N6O3/c1-5-40-22-14-19(25(39)35-27(2,3)4)9-11-21(22)33-26-34-23-12-10-20(15-37(23)36-26)17-7-6-8-18(13-17)24(38)32-16-28(29,30)31/h6-15,25,35,39H,5,16H2,1-4H3,(H,32,38)(H,33,36). The van der Waals surface area contributed by atoms with E-state index in [9.17, 15) is 23.1 Å². The van der Waals surface area contributed by atoms with Crippen LogP contribution in [0.2, 0.25) is 0 Å². The van der Waals surface area contributed by atoms with E-state index >= 15 is 0 Å². The maximum Gasteiger partial charge on any atom is 0.405 e. The number of aromatic nitrogens is 3. The molecule has 0 spiro atoms. The summed E-state index contributed by atoms with van der Waals surface area (Å²) in [5, 5.41) is 23.2. The highest BCUT2D eigenvalue weighted by Crippen LogP contribution is 2.31. The highest BCUT2D eigenvalue weighted by atomic mass is 19.4. The first-order valence-electron chi connectivity index (χ1n) is 12.6. The van der Waals surface area contributed by atoms with Crippen molar-refractivity contribution in [3.63, 3.8) is 0 Å². The molecule has 0 saturated heterocycles. The molecule has 0 bridgehead atoms. The predicted molar refractivity (Wildman–Crippen MR) is 146 cm³/mol. The Morgan fingerprint density at radius 1 is 1.07 bits per heavy atom. The first-order chi connectivity index (χ1) is 18.8. The fourth-order valence-corrected chi connectivity index (χ4v) is 3.93. The van der Waals surface area contributed by atoms with Gasteiger partial charge in [-0.2, -0.15) is 18.2 Å². The van der Waals surface area contributed by atoms with Gasteiger partial charge in [0.1, 0.15) is 18.5 Å². The van der Waals surface area contributed by atoms with Crippen LogP contribution in [0.4, 0.5) is 24.8 Å². The topological polar surface area (TPSA) is 113 Å². The van der Waals surface area contributed by atoms with Crippen LogP contribution in [-0.2, 0) is 0 Å². The van der Waals surface area contributed by atoms with Crippen LogP contribution >= 0.6 is 0 Å². The minimum Gasteiger partial charge on any atom is -0.492 e. The maximum atomic E-state index is 12.5. The van der Waals surface area contributed by atoms with Gasteiger partial charge in [-0.1, -0.05) is 18.2 Å². The molecule has 0 aliphatic carbocycles. The number of rotatable bonds is 9. The van der Waals surface area contributed by atoms with E-state index < -0.39 is 24.9 Å². The number of hydrogen-bond acceptors (Lipinski definition) is 7. The molecule has 1 amide bonds. The van der Waals surface area contributed by atoms with Gasteiger partial charge < -0.3 is 20.5 Å². The van der Waals surface area contributed by atoms with Gasteiger partial charge in [0.25, 0.3) is 5.91 Å². The van der Waals surface area contributed by atoms with Crippen molar-refractivity contribution in [2.24, 2.45) is 0 Å². The highest BCUT2D eigenvalue weighted by molar-refractivity contribution is 5.95. The molecule has 4 aromatic rings. The lowest BCUT2D eigenvalue weighted by Gasteiger charge is -2.25. The number of anilines is 2. The predicted octanol–water partition coefficient (Wildman–Crippen LogP) is 5.21. The van der Waals surface area contributed by atoms with Gasteiger partial charge in [-0.05, 0) is 75.2 Å². The molecule has 9 nitrogen and oxygen atoms in total.